The number of carbonyl (C=O) groups excluding carboxylic acids is 2. The number of rotatable bonds is 6. The summed E-state index contributed by atoms with van der Waals surface area (Å²) in [4.78, 5) is 25.3. The first-order chi connectivity index (χ1) is 10.5. The van der Waals surface area contributed by atoms with Crippen molar-refractivity contribution >= 4 is 24.9 Å². The molecule has 0 unspecified atom stereocenters. The molecule has 1 aromatic rings. The van der Waals surface area contributed by atoms with Crippen LogP contribution >= 0.6 is 7.60 Å². The van der Waals surface area contributed by atoms with Gasteiger partial charge in [-0.2, -0.15) is 0 Å². The third-order valence-corrected chi connectivity index (χ3v) is 5.26. The number of oxime groups is 1. The molecule has 1 aliphatic rings. The summed E-state index contributed by atoms with van der Waals surface area (Å²) < 4.78 is 21.6. The Labute approximate surface area is 126 Å². The first-order valence-corrected chi connectivity index (χ1v) is 7.91. The van der Waals surface area contributed by atoms with Gasteiger partial charge >= 0.3 is 7.60 Å². The van der Waals surface area contributed by atoms with Gasteiger partial charge in [0.05, 0.1) is 11.1 Å². The lowest BCUT2D eigenvalue weighted by Gasteiger charge is -2.17. The van der Waals surface area contributed by atoms with Crippen molar-refractivity contribution in [1.29, 1.82) is 0 Å². The van der Waals surface area contributed by atoms with E-state index in [1.165, 1.54) is 0 Å². The average molecular weight is 326 g/mol. The second kappa shape index (κ2) is 6.39. The molecule has 0 aliphatic carbocycles. The highest BCUT2D eigenvalue weighted by Gasteiger charge is 2.37. The molecule has 0 atom stereocenters. The Morgan fingerprint density at radius 3 is 2.09 bits per heavy atom. The lowest BCUT2D eigenvalue weighted by Crippen LogP contribution is -2.32. The SMILES string of the molecule is COP(=O)(OC)/C(CCN1C(=O)c2ccccc2C1=O)=N/O. The van der Waals surface area contributed by atoms with Crippen LogP contribution in [0.4, 0.5) is 0 Å². The van der Waals surface area contributed by atoms with Crippen molar-refractivity contribution in [3.63, 3.8) is 0 Å². The summed E-state index contributed by atoms with van der Waals surface area (Å²) in [6.45, 7) is -0.0948. The van der Waals surface area contributed by atoms with Gasteiger partial charge in [-0.05, 0) is 12.1 Å². The zero-order valence-corrected chi connectivity index (χ0v) is 12.9. The van der Waals surface area contributed by atoms with Crippen LogP contribution in [0.5, 0.6) is 0 Å². The van der Waals surface area contributed by atoms with E-state index in [0.29, 0.717) is 11.1 Å². The Balaban J connectivity index is 2.15. The van der Waals surface area contributed by atoms with Gasteiger partial charge in [0.2, 0.25) is 0 Å². The number of carbonyl (C=O) groups is 2. The predicted molar refractivity (Wildman–Crippen MR) is 77.3 cm³/mol. The van der Waals surface area contributed by atoms with Crippen molar-refractivity contribution < 1.29 is 28.4 Å². The molecule has 118 valence electrons. The molecule has 0 saturated carbocycles. The smallest absolute Gasteiger partial charge is 0.378 e. The van der Waals surface area contributed by atoms with E-state index < -0.39 is 19.4 Å². The van der Waals surface area contributed by atoms with Gasteiger partial charge in [-0.25, -0.2) is 0 Å². The molecule has 0 spiro atoms. The number of nitrogens with zero attached hydrogens (tertiary/aromatic N) is 2. The van der Waals surface area contributed by atoms with Crippen LogP contribution in [0.15, 0.2) is 29.4 Å². The molecule has 1 aliphatic heterocycles. The zero-order chi connectivity index (χ0) is 16.3. The molecule has 22 heavy (non-hydrogen) atoms. The van der Waals surface area contributed by atoms with E-state index in [1.54, 1.807) is 24.3 Å². The van der Waals surface area contributed by atoms with Crippen LogP contribution in [0.1, 0.15) is 27.1 Å². The van der Waals surface area contributed by atoms with E-state index in [1.807, 2.05) is 0 Å². The average Bonchev–Trinajstić information content (AvgIpc) is 2.80. The molecule has 1 heterocycles. The van der Waals surface area contributed by atoms with Crippen LogP contribution in [-0.2, 0) is 13.6 Å². The van der Waals surface area contributed by atoms with Crippen molar-refractivity contribution in [2.45, 2.75) is 6.42 Å². The fourth-order valence-corrected chi connectivity index (χ4v) is 3.23. The Morgan fingerprint density at radius 1 is 1.18 bits per heavy atom. The molecule has 2 amide bonds. The van der Waals surface area contributed by atoms with Crippen molar-refractivity contribution in [2.75, 3.05) is 20.8 Å². The topological polar surface area (TPSA) is 106 Å². The summed E-state index contributed by atoms with van der Waals surface area (Å²) in [5, 5.41) is 11.9. The minimum absolute atomic E-state index is 0.0948. The maximum Gasteiger partial charge on any atom is 0.378 e. The number of hydrogen-bond donors (Lipinski definition) is 1. The van der Waals surface area contributed by atoms with Crippen LogP contribution in [0, 0.1) is 0 Å². The molecule has 0 radical (unpaired) electrons. The predicted octanol–water partition coefficient (Wildman–Crippen LogP) is 1.95. The van der Waals surface area contributed by atoms with Gasteiger partial charge in [0.1, 0.15) is 0 Å². The number of fused-ring (bicyclic) bond motifs is 1. The minimum atomic E-state index is -3.71. The van der Waals surface area contributed by atoms with Crippen molar-refractivity contribution in [2.24, 2.45) is 5.16 Å². The largest absolute Gasteiger partial charge is 0.410 e. The Hall–Kier alpha value is -2.02. The van der Waals surface area contributed by atoms with E-state index in [9.17, 15) is 14.2 Å². The summed E-state index contributed by atoms with van der Waals surface area (Å²) in [5.74, 6) is -0.884. The van der Waals surface area contributed by atoms with Crippen molar-refractivity contribution in [3.8, 4) is 0 Å². The molecule has 0 fully saturated rings. The summed E-state index contributed by atoms with van der Waals surface area (Å²) in [6, 6.07) is 6.45. The third kappa shape index (κ3) is 2.68. The monoisotopic (exact) mass is 326 g/mol. The molecule has 2 rings (SSSR count). The second-order valence-corrected chi connectivity index (χ2v) is 6.68. The van der Waals surface area contributed by atoms with Crippen LogP contribution in [0.3, 0.4) is 0 Å². The molecule has 0 saturated heterocycles. The molecular formula is C13H15N2O6P. The summed E-state index contributed by atoms with van der Waals surface area (Å²) in [6.07, 6.45) is -0.124. The highest BCUT2D eigenvalue weighted by atomic mass is 31.2. The molecule has 1 aromatic carbocycles. The van der Waals surface area contributed by atoms with Crippen LogP contribution in [0.2, 0.25) is 0 Å². The van der Waals surface area contributed by atoms with Gasteiger partial charge in [-0.3, -0.25) is 19.1 Å². The minimum Gasteiger partial charge on any atom is -0.410 e. The Kier molecular flexibility index (Phi) is 4.75. The molecule has 1 N–H and O–H groups in total. The fraction of sp³-hybridized carbons (Fsp3) is 0.308. The van der Waals surface area contributed by atoms with E-state index >= 15 is 0 Å². The lowest BCUT2D eigenvalue weighted by molar-refractivity contribution is 0.0658. The van der Waals surface area contributed by atoms with Crippen LogP contribution in [-0.4, -0.2) is 48.1 Å². The van der Waals surface area contributed by atoms with E-state index in [4.69, 9.17) is 14.3 Å². The van der Waals surface area contributed by atoms with Crippen LogP contribution < -0.4 is 0 Å². The first kappa shape index (κ1) is 16.4. The molecule has 0 bridgehead atoms. The van der Waals surface area contributed by atoms with Gasteiger partial charge in [-0.15, -0.1) is 0 Å². The van der Waals surface area contributed by atoms with Crippen LogP contribution in [0.25, 0.3) is 0 Å². The van der Waals surface area contributed by atoms with Crippen molar-refractivity contribution in [3.05, 3.63) is 35.4 Å². The molecule has 0 aromatic heterocycles. The zero-order valence-electron chi connectivity index (χ0n) is 12.1. The maximum atomic E-state index is 12.2. The standard InChI is InChI=1S/C13H15N2O6P/c1-20-22(19,21-2)11(14-18)7-8-15-12(16)9-5-3-4-6-10(9)13(15)17/h3-6,18H,7-8H2,1-2H3/b14-11+. The molecule has 9 heteroatoms. The lowest BCUT2D eigenvalue weighted by atomic mass is 10.1. The number of hydrogen-bond acceptors (Lipinski definition) is 7. The second-order valence-electron chi connectivity index (χ2n) is 4.44. The van der Waals surface area contributed by atoms with Gasteiger partial charge in [-0.1, -0.05) is 17.3 Å². The summed E-state index contributed by atoms with van der Waals surface area (Å²) in [7, 11) is -1.41. The Bertz CT molecular complexity index is 644. The summed E-state index contributed by atoms with van der Waals surface area (Å²) in [5.41, 5.74) is 0.377. The third-order valence-electron chi connectivity index (χ3n) is 3.35. The van der Waals surface area contributed by atoms with Gasteiger partial charge in [0.25, 0.3) is 11.8 Å². The highest BCUT2D eigenvalue weighted by Crippen LogP contribution is 2.49. The van der Waals surface area contributed by atoms with E-state index in [-0.39, 0.29) is 18.4 Å². The fourth-order valence-electron chi connectivity index (χ4n) is 2.18. The number of benzene rings is 1. The summed E-state index contributed by atoms with van der Waals surface area (Å²) >= 11 is 0. The van der Waals surface area contributed by atoms with Gasteiger partial charge < -0.3 is 14.3 Å². The normalized spacial score (nSPS) is 15.4. The number of amides is 2. The Morgan fingerprint density at radius 2 is 1.68 bits per heavy atom. The quantitative estimate of drug-likeness (QED) is 0.281. The maximum absolute atomic E-state index is 12.2. The highest BCUT2D eigenvalue weighted by molar-refractivity contribution is 7.72. The molecule has 8 nitrogen and oxygen atoms in total. The van der Waals surface area contributed by atoms with E-state index in [0.717, 1.165) is 19.1 Å². The van der Waals surface area contributed by atoms with E-state index in [2.05, 4.69) is 5.16 Å². The first-order valence-electron chi connectivity index (χ1n) is 6.36. The number of imide groups is 1. The van der Waals surface area contributed by atoms with Gasteiger partial charge in [0, 0.05) is 27.2 Å². The van der Waals surface area contributed by atoms with Crippen molar-refractivity contribution in [1.82, 2.24) is 4.90 Å². The molecular weight excluding hydrogens is 311 g/mol. The van der Waals surface area contributed by atoms with Gasteiger partial charge in [0.15, 0.2) is 5.45 Å².